The third-order valence-electron chi connectivity index (χ3n) is 8.45. The summed E-state index contributed by atoms with van der Waals surface area (Å²) in [5, 5.41) is 5.88. The van der Waals surface area contributed by atoms with Crippen LogP contribution in [0.15, 0.2) is 24.3 Å². The van der Waals surface area contributed by atoms with Crippen molar-refractivity contribution >= 4 is 23.7 Å². The Morgan fingerprint density at radius 2 is 1.50 bits per heavy atom. The van der Waals surface area contributed by atoms with E-state index < -0.39 is 0 Å². The summed E-state index contributed by atoms with van der Waals surface area (Å²) in [4.78, 5) is 46.5. The van der Waals surface area contributed by atoms with Gasteiger partial charge in [0.1, 0.15) is 0 Å². The van der Waals surface area contributed by atoms with Crippen LogP contribution < -0.4 is 10.6 Å². The number of piperidine rings is 3. The first-order chi connectivity index (χ1) is 17.6. The fraction of sp³-hybridized carbons (Fsp3) is 0.667. The lowest BCUT2D eigenvalue weighted by Crippen LogP contribution is -2.53. The highest BCUT2D eigenvalue weighted by molar-refractivity contribution is 5.91. The van der Waals surface area contributed by atoms with E-state index in [-0.39, 0.29) is 30.6 Å². The number of amides is 5. The minimum atomic E-state index is -0.183. The molecule has 0 saturated carbocycles. The van der Waals surface area contributed by atoms with E-state index >= 15 is 0 Å². The quantitative estimate of drug-likeness (QED) is 0.671. The second-order valence-corrected chi connectivity index (χ2v) is 10.6. The highest BCUT2D eigenvalue weighted by atomic mass is 16.2. The van der Waals surface area contributed by atoms with Gasteiger partial charge in [-0.3, -0.25) is 4.79 Å². The lowest BCUT2D eigenvalue weighted by Gasteiger charge is -2.40. The molecule has 5 rings (SSSR count). The first kappa shape index (κ1) is 24.9. The van der Waals surface area contributed by atoms with Gasteiger partial charge in [-0.15, -0.1) is 0 Å². The first-order valence-corrected chi connectivity index (χ1v) is 13.8. The zero-order valence-corrected chi connectivity index (χ0v) is 21.3. The Kier molecular flexibility index (Phi) is 7.94. The van der Waals surface area contributed by atoms with E-state index in [1.54, 1.807) is 4.90 Å². The molecule has 1 aromatic rings. The van der Waals surface area contributed by atoms with E-state index in [9.17, 15) is 14.4 Å². The van der Waals surface area contributed by atoms with Gasteiger partial charge in [0, 0.05) is 50.5 Å². The van der Waals surface area contributed by atoms with Crippen LogP contribution in [0.4, 0.5) is 15.3 Å². The van der Waals surface area contributed by atoms with Crippen LogP contribution in [0.3, 0.4) is 0 Å². The number of carbonyl (C=O) groups is 3. The summed E-state index contributed by atoms with van der Waals surface area (Å²) in [5.41, 5.74) is 2.05. The third kappa shape index (κ3) is 5.77. The molecule has 2 N–H and O–H groups in total. The summed E-state index contributed by atoms with van der Waals surface area (Å²) in [6, 6.07) is 8.42. The first-order valence-electron chi connectivity index (χ1n) is 13.8. The third-order valence-corrected chi connectivity index (χ3v) is 8.45. The van der Waals surface area contributed by atoms with E-state index in [2.05, 4.69) is 21.6 Å². The number of nitrogens with zero attached hydrogens (tertiary/aromatic N) is 4. The number of hydrogen-bond donors (Lipinski definition) is 2. The van der Waals surface area contributed by atoms with Crippen molar-refractivity contribution in [1.29, 1.82) is 0 Å². The standard InChI is InChI=1S/C27H40N6O3/c34-25(31-15-9-22(10-16-31)30-13-4-1-5-14-30)20-28-26(35)32-17-11-23(12-18-32)33-19-8-21-6-2-3-7-24(21)29-27(33)36/h2-3,6-7,22-23H,1,4-5,8-20H2,(H,28,35)(H,29,36). The maximum absolute atomic E-state index is 12.8. The smallest absolute Gasteiger partial charge is 0.322 e. The summed E-state index contributed by atoms with van der Waals surface area (Å²) in [5.74, 6) is 0.0103. The minimum absolute atomic E-state index is 0.0103. The Bertz CT molecular complexity index is 933. The summed E-state index contributed by atoms with van der Waals surface area (Å²) in [6.45, 7) is 5.86. The van der Waals surface area contributed by atoms with Gasteiger partial charge in [-0.2, -0.15) is 0 Å². The van der Waals surface area contributed by atoms with Gasteiger partial charge in [-0.25, -0.2) is 9.59 Å². The maximum Gasteiger partial charge on any atom is 0.322 e. The van der Waals surface area contributed by atoms with E-state index in [1.807, 2.05) is 28.0 Å². The molecule has 0 aliphatic carbocycles. The van der Waals surface area contributed by atoms with E-state index in [1.165, 1.54) is 32.4 Å². The molecule has 4 aliphatic heterocycles. The summed E-state index contributed by atoms with van der Waals surface area (Å²) in [6.07, 6.45) is 8.30. The molecule has 0 aromatic heterocycles. The summed E-state index contributed by atoms with van der Waals surface area (Å²) >= 11 is 0. The number of hydrogen-bond acceptors (Lipinski definition) is 4. The van der Waals surface area contributed by atoms with Crippen molar-refractivity contribution in [3.05, 3.63) is 29.8 Å². The zero-order valence-electron chi connectivity index (χ0n) is 21.3. The van der Waals surface area contributed by atoms with Crippen molar-refractivity contribution in [3.63, 3.8) is 0 Å². The van der Waals surface area contributed by atoms with Crippen LogP contribution in [0, 0.1) is 0 Å². The molecule has 4 heterocycles. The van der Waals surface area contributed by atoms with E-state index in [0.717, 1.165) is 56.4 Å². The monoisotopic (exact) mass is 496 g/mol. The number of rotatable bonds is 4. The molecule has 0 atom stereocenters. The number of nitrogens with one attached hydrogen (secondary N) is 2. The molecule has 9 nitrogen and oxygen atoms in total. The molecular weight excluding hydrogens is 456 g/mol. The Labute approximate surface area is 214 Å². The highest BCUT2D eigenvalue weighted by Crippen LogP contribution is 2.25. The largest absolute Gasteiger partial charge is 0.341 e. The number of fused-ring (bicyclic) bond motifs is 1. The fourth-order valence-electron chi connectivity index (χ4n) is 6.26. The number of urea groups is 2. The van der Waals surface area contributed by atoms with Crippen LogP contribution in [-0.2, 0) is 11.2 Å². The van der Waals surface area contributed by atoms with Crippen LogP contribution in [0.25, 0.3) is 0 Å². The lowest BCUT2D eigenvalue weighted by molar-refractivity contribution is -0.131. The number of anilines is 1. The van der Waals surface area contributed by atoms with Crippen LogP contribution in [0.5, 0.6) is 0 Å². The van der Waals surface area contributed by atoms with Crippen molar-refractivity contribution in [2.75, 3.05) is 57.7 Å². The van der Waals surface area contributed by atoms with Crippen molar-refractivity contribution in [1.82, 2.24) is 24.9 Å². The highest BCUT2D eigenvalue weighted by Gasteiger charge is 2.32. The molecule has 9 heteroatoms. The van der Waals surface area contributed by atoms with Crippen LogP contribution in [-0.4, -0.2) is 102 Å². The Balaban J connectivity index is 1.02. The molecule has 0 bridgehead atoms. The van der Waals surface area contributed by atoms with Gasteiger partial charge in [0.15, 0.2) is 0 Å². The van der Waals surface area contributed by atoms with Crippen LogP contribution >= 0.6 is 0 Å². The van der Waals surface area contributed by atoms with E-state index in [4.69, 9.17) is 0 Å². The molecule has 0 unspecified atom stereocenters. The molecule has 4 aliphatic rings. The molecule has 5 amide bonds. The predicted octanol–water partition coefficient (Wildman–Crippen LogP) is 2.73. The average molecular weight is 497 g/mol. The predicted molar refractivity (Wildman–Crippen MR) is 139 cm³/mol. The van der Waals surface area contributed by atoms with Gasteiger partial charge in [0.25, 0.3) is 0 Å². The van der Waals surface area contributed by atoms with Gasteiger partial charge in [0.2, 0.25) is 5.91 Å². The van der Waals surface area contributed by atoms with Gasteiger partial charge >= 0.3 is 12.1 Å². The molecular formula is C27H40N6O3. The van der Waals surface area contributed by atoms with Crippen LogP contribution in [0.2, 0.25) is 0 Å². The second-order valence-electron chi connectivity index (χ2n) is 10.6. The zero-order chi connectivity index (χ0) is 24.9. The summed E-state index contributed by atoms with van der Waals surface area (Å²) in [7, 11) is 0. The summed E-state index contributed by atoms with van der Waals surface area (Å²) < 4.78 is 0. The van der Waals surface area contributed by atoms with E-state index in [0.29, 0.717) is 25.7 Å². The number of carbonyl (C=O) groups excluding carboxylic acids is 3. The van der Waals surface area contributed by atoms with Gasteiger partial charge in [-0.1, -0.05) is 24.6 Å². The molecule has 0 radical (unpaired) electrons. The second kappa shape index (κ2) is 11.5. The Morgan fingerprint density at radius 1 is 0.833 bits per heavy atom. The van der Waals surface area contributed by atoms with Crippen molar-refractivity contribution < 1.29 is 14.4 Å². The van der Waals surface area contributed by atoms with Crippen LogP contribution in [0.1, 0.15) is 50.5 Å². The average Bonchev–Trinajstić information content (AvgIpc) is 3.10. The molecule has 3 fully saturated rings. The number of benzene rings is 1. The number of para-hydroxylation sites is 1. The lowest BCUT2D eigenvalue weighted by atomic mass is 10.00. The SMILES string of the molecule is O=C(CNC(=O)N1CCC(N2CCc3ccccc3NC2=O)CC1)N1CCC(N2CCCCC2)CC1. The fourth-order valence-corrected chi connectivity index (χ4v) is 6.26. The van der Waals surface area contributed by atoms with Crippen molar-refractivity contribution in [2.45, 2.75) is 63.5 Å². The molecule has 1 aromatic carbocycles. The normalized spacial score (nSPS) is 22.6. The Hall–Kier alpha value is -2.81. The number of likely N-dealkylation sites (tertiary alicyclic amines) is 3. The molecule has 0 spiro atoms. The van der Waals surface area contributed by atoms with Crippen molar-refractivity contribution in [3.8, 4) is 0 Å². The molecule has 36 heavy (non-hydrogen) atoms. The van der Waals surface area contributed by atoms with Gasteiger partial charge in [0.05, 0.1) is 6.54 Å². The van der Waals surface area contributed by atoms with Gasteiger partial charge < -0.3 is 30.2 Å². The van der Waals surface area contributed by atoms with Crippen molar-refractivity contribution in [2.24, 2.45) is 0 Å². The Morgan fingerprint density at radius 3 is 2.25 bits per heavy atom. The van der Waals surface area contributed by atoms with Gasteiger partial charge in [-0.05, 0) is 69.7 Å². The maximum atomic E-state index is 12.8. The molecule has 196 valence electrons. The minimum Gasteiger partial charge on any atom is -0.341 e. The molecule has 3 saturated heterocycles. The topological polar surface area (TPSA) is 88.2 Å².